The zero-order valence-corrected chi connectivity index (χ0v) is 10.5. The SMILES string of the molecule is ONc1c(Br)cc(SOOO)cc1Br. The van der Waals surface area contributed by atoms with E-state index in [2.05, 4.69) is 41.2 Å². The zero-order valence-electron chi connectivity index (χ0n) is 6.53. The third-order valence-electron chi connectivity index (χ3n) is 1.29. The van der Waals surface area contributed by atoms with Gasteiger partial charge in [-0.15, -0.1) is 4.33 Å². The average molecular weight is 347 g/mol. The van der Waals surface area contributed by atoms with Crippen LogP contribution in [0.3, 0.4) is 0 Å². The fourth-order valence-electron chi connectivity index (χ4n) is 0.759. The van der Waals surface area contributed by atoms with Gasteiger partial charge in [0, 0.05) is 13.8 Å². The molecule has 8 heteroatoms. The first-order chi connectivity index (χ1) is 6.69. The van der Waals surface area contributed by atoms with Crippen molar-refractivity contribution < 1.29 is 19.8 Å². The van der Waals surface area contributed by atoms with Crippen LogP contribution in [-0.4, -0.2) is 10.5 Å². The minimum Gasteiger partial charge on any atom is -0.291 e. The lowest BCUT2D eigenvalue weighted by molar-refractivity contribution is -0.432. The number of halogens is 2. The highest BCUT2D eigenvalue weighted by Crippen LogP contribution is 2.35. The molecule has 0 bridgehead atoms. The lowest BCUT2D eigenvalue weighted by atomic mass is 10.3. The molecular weight excluding hydrogens is 342 g/mol. The Kier molecular flexibility index (Phi) is 5.17. The fourth-order valence-corrected chi connectivity index (χ4v) is 2.87. The molecule has 0 aliphatic rings. The van der Waals surface area contributed by atoms with Crippen molar-refractivity contribution >= 4 is 49.6 Å². The highest BCUT2D eigenvalue weighted by Gasteiger charge is 2.07. The van der Waals surface area contributed by atoms with Gasteiger partial charge in [-0.05, 0) is 44.0 Å². The van der Waals surface area contributed by atoms with E-state index in [4.69, 9.17) is 10.5 Å². The van der Waals surface area contributed by atoms with Crippen LogP contribution in [-0.2, 0) is 9.37 Å². The van der Waals surface area contributed by atoms with Crippen molar-refractivity contribution in [1.82, 2.24) is 0 Å². The second-order valence-electron chi connectivity index (χ2n) is 2.10. The third kappa shape index (κ3) is 3.09. The molecule has 0 fully saturated rings. The molecule has 0 radical (unpaired) electrons. The largest absolute Gasteiger partial charge is 0.291 e. The lowest BCUT2D eigenvalue weighted by Gasteiger charge is -2.07. The van der Waals surface area contributed by atoms with E-state index in [1.807, 2.05) is 5.48 Å². The Morgan fingerprint density at radius 1 is 1.29 bits per heavy atom. The number of benzene rings is 1. The number of anilines is 1. The van der Waals surface area contributed by atoms with Gasteiger partial charge in [0.25, 0.3) is 0 Å². The minimum atomic E-state index is 0.499. The first kappa shape index (κ1) is 12.2. The van der Waals surface area contributed by atoms with Crippen LogP contribution in [0.2, 0.25) is 0 Å². The average Bonchev–Trinajstić information content (AvgIpc) is 2.14. The van der Waals surface area contributed by atoms with Crippen molar-refractivity contribution in [2.45, 2.75) is 4.90 Å². The topological polar surface area (TPSA) is 71.0 Å². The number of nitrogens with one attached hydrogen (secondary N) is 1. The van der Waals surface area contributed by atoms with Gasteiger partial charge in [-0.2, -0.15) is 0 Å². The van der Waals surface area contributed by atoms with Gasteiger partial charge < -0.3 is 0 Å². The van der Waals surface area contributed by atoms with Crippen molar-refractivity contribution in [1.29, 1.82) is 0 Å². The molecule has 0 spiro atoms. The zero-order chi connectivity index (χ0) is 10.6. The second kappa shape index (κ2) is 5.91. The smallest absolute Gasteiger partial charge is 0.0886 e. The third-order valence-corrected chi connectivity index (χ3v) is 3.10. The summed E-state index contributed by atoms with van der Waals surface area (Å²) >= 11 is 7.28. The predicted molar refractivity (Wildman–Crippen MR) is 57.9 cm³/mol. The maximum absolute atomic E-state index is 8.75. The minimum absolute atomic E-state index is 0.499. The molecule has 3 N–H and O–H groups in total. The maximum atomic E-state index is 8.75. The van der Waals surface area contributed by atoms with E-state index in [0.717, 1.165) is 12.0 Å². The summed E-state index contributed by atoms with van der Waals surface area (Å²) in [4.78, 5) is 0.678. The van der Waals surface area contributed by atoms with Crippen LogP contribution in [0.4, 0.5) is 5.69 Å². The van der Waals surface area contributed by atoms with Gasteiger partial charge >= 0.3 is 0 Å². The van der Waals surface area contributed by atoms with Gasteiger partial charge in [-0.1, -0.05) is 5.04 Å². The second-order valence-corrected chi connectivity index (χ2v) is 4.58. The molecule has 0 unspecified atom stereocenters. The molecule has 1 rings (SSSR count). The van der Waals surface area contributed by atoms with E-state index >= 15 is 0 Å². The molecule has 78 valence electrons. The van der Waals surface area contributed by atoms with Crippen LogP contribution in [0.1, 0.15) is 0 Å². The fraction of sp³-hybridized carbons (Fsp3) is 0. The summed E-state index contributed by atoms with van der Waals surface area (Å²) in [6.07, 6.45) is 0. The van der Waals surface area contributed by atoms with Crippen LogP contribution in [0.25, 0.3) is 0 Å². The molecule has 1 aromatic rings. The van der Waals surface area contributed by atoms with Crippen molar-refractivity contribution in [3.05, 3.63) is 21.1 Å². The van der Waals surface area contributed by atoms with Gasteiger partial charge in [0.2, 0.25) is 0 Å². The number of hydrogen-bond acceptors (Lipinski definition) is 6. The summed E-state index contributed by atoms with van der Waals surface area (Å²) in [5.41, 5.74) is 2.52. The molecule has 0 heterocycles. The van der Waals surface area contributed by atoms with Gasteiger partial charge in [0.15, 0.2) is 0 Å². The van der Waals surface area contributed by atoms with Gasteiger partial charge in [0.1, 0.15) is 0 Å². The molecular formula is C6H5Br2NO4S. The number of rotatable bonds is 4. The Morgan fingerprint density at radius 3 is 2.29 bits per heavy atom. The van der Waals surface area contributed by atoms with Crippen LogP contribution < -0.4 is 5.48 Å². The van der Waals surface area contributed by atoms with E-state index in [0.29, 0.717) is 19.5 Å². The van der Waals surface area contributed by atoms with E-state index in [9.17, 15) is 0 Å². The van der Waals surface area contributed by atoms with Crippen LogP contribution in [0, 0.1) is 0 Å². The van der Waals surface area contributed by atoms with Crippen LogP contribution in [0.5, 0.6) is 0 Å². The summed E-state index contributed by atoms with van der Waals surface area (Å²) in [6, 6.07) is 3.35. The number of hydrogen-bond donors (Lipinski definition) is 3. The van der Waals surface area contributed by atoms with E-state index in [-0.39, 0.29) is 0 Å². The molecule has 0 saturated heterocycles. The maximum Gasteiger partial charge on any atom is 0.0886 e. The molecule has 1 aromatic carbocycles. The molecule has 5 nitrogen and oxygen atoms in total. The predicted octanol–water partition coefficient (Wildman–Crippen LogP) is 3.44. The molecule has 0 aromatic heterocycles. The Morgan fingerprint density at radius 2 is 1.86 bits per heavy atom. The molecule has 0 atom stereocenters. The summed E-state index contributed by atoms with van der Waals surface area (Å²) in [5.74, 6) is 0. The molecule has 0 amide bonds. The monoisotopic (exact) mass is 345 g/mol. The van der Waals surface area contributed by atoms with Crippen molar-refractivity contribution in [2.75, 3.05) is 5.48 Å². The Hall–Kier alpha value is 0.170. The van der Waals surface area contributed by atoms with Crippen molar-refractivity contribution in [3.8, 4) is 0 Å². The lowest BCUT2D eigenvalue weighted by Crippen LogP contribution is -1.92. The van der Waals surface area contributed by atoms with Crippen LogP contribution >= 0.6 is 43.9 Å². The van der Waals surface area contributed by atoms with E-state index in [1.165, 1.54) is 0 Å². The Balaban J connectivity index is 2.90. The van der Waals surface area contributed by atoms with E-state index < -0.39 is 0 Å². The summed E-state index contributed by atoms with van der Waals surface area (Å²) in [6.45, 7) is 0. The van der Waals surface area contributed by atoms with Gasteiger partial charge in [0.05, 0.1) is 17.7 Å². The molecule has 0 saturated carbocycles. The molecule has 14 heavy (non-hydrogen) atoms. The van der Waals surface area contributed by atoms with Crippen molar-refractivity contribution in [2.24, 2.45) is 0 Å². The Labute approximate surface area is 101 Å². The first-order valence-electron chi connectivity index (χ1n) is 3.23. The first-order valence-corrected chi connectivity index (χ1v) is 5.55. The summed E-state index contributed by atoms with van der Waals surface area (Å²) in [7, 11) is 0. The molecule has 0 aliphatic heterocycles. The Bertz CT molecular complexity index is 302. The standard InChI is InChI=1S/C6H5Br2NO4S/c7-4-1-3(14-13-12-11)2-5(8)6(4)9-10/h1-2,9-11H. The quantitative estimate of drug-likeness (QED) is 0.440. The van der Waals surface area contributed by atoms with Gasteiger partial charge in [-0.3, -0.25) is 10.7 Å². The summed E-state index contributed by atoms with van der Waals surface area (Å²) < 4.78 is 5.53. The van der Waals surface area contributed by atoms with Crippen molar-refractivity contribution in [3.63, 3.8) is 0 Å². The van der Waals surface area contributed by atoms with Crippen LogP contribution in [0.15, 0.2) is 26.0 Å². The van der Waals surface area contributed by atoms with E-state index in [1.54, 1.807) is 12.1 Å². The normalized spacial score (nSPS) is 10.3. The van der Waals surface area contributed by atoms with Gasteiger partial charge in [-0.25, -0.2) is 5.26 Å². The molecule has 0 aliphatic carbocycles. The highest BCUT2D eigenvalue weighted by molar-refractivity contribution is 9.11. The highest BCUT2D eigenvalue weighted by atomic mass is 79.9. The summed E-state index contributed by atoms with van der Waals surface area (Å²) in [5, 5.41) is 20.2.